The second-order valence-electron chi connectivity index (χ2n) is 7.84. The summed E-state index contributed by atoms with van der Waals surface area (Å²) in [7, 11) is 5.96. The highest BCUT2D eigenvalue weighted by Gasteiger charge is 2.19. The van der Waals surface area contributed by atoms with Crippen molar-refractivity contribution in [1.82, 2.24) is 19.9 Å². The molecule has 0 aliphatic rings. The highest BCUT2D eigenvalue weighted by atomic mass is 32.1. The molecule has 0 aliphatic heterocycles. The number of thiophene rings is 1. The summed E-state index contributed by atoms with van der Waals surface area (Å²) < 4.78 is 0. The van der Waals surface area contributed by atoms with E-state index >= 15 is 0 Å². The third-order valence-corrected chi connectivity index (χ3v) is 5.49. The van der Waals surface area contributed by atoms with Gasteiger partial charge in [0.1, 0.15) is 11.2 Å². The molecular formula is C20H26N6S. The largest absolute Gasteiger partial charge is 0.304 e. The molecule has 0 aromatic carbocycles. The molecule has 3 heterocycles. The van der Waals surface area contributed by atoms with Crippen molar-refractivity contribution in [2.24, 2.45) is 5.10 Å². The Kier molecular flexibility index (Phi) is 5.53. The van der Waals surface area contributed by atoms with Crippen LogP contribution in [0, 0.1) is 0 Å². The minimum absolute atomic E-state index is 0.0846. The first-order chi connectivity index (χ1) is 12.7. The van der Waals surface area contributed by atoms with Crippen LogP contribution in [0.25, 0.3) is 10.2 Å². The molecule has 3 aromatic rings. The SMILES string of the molecule is CN(C)Cc1cccc(C=NN(C)c2ncnc3sc(C(C)(C)C)cc23)n1. The van der Waals surface area contributed by atoms with Gasteiger partial charge in [-0.2, -0.15) is 5.10 Å². The van der Waals surface area contributed by atoms with Crippen LogP contribution in [0.15, 0.2) is 35.7 Å². The molecule has 3 rings (SSSR count). The molecule has 27 heavy (non-hydrogen) atoms. The number of pyridine rings is 1. The molecule has 0 bridgehead atoms. The molecular weight excluding hydrogens is 356 g/mol. The third kappa shape index (κ3) is 4.67. The van der Waals surface area contributed by atoms with Gasteiger partial charge in [0.15, 0.2) is 5.82 Å². The molecule has 0 unspecified atom stereocenters. The first-order valence-electron chi connectivity index (χ1n) is 8.87. The normalized spacial score (nSPS) is 12.4. The van der Waals surface area contributed by atoms with E-state index < -0.39 is 0 Å². The van der Waals surface area contributed by atoms with Crippen LogP contribution in [0.1, 0.15) is 37.0 Å². The van der Waals surface area contributed by atoms with E-state index in [9.17, 15) is 0 Å². The van der Waals surface area contributed by atoms with Crippen LogP contribution in [0.5, 0.6) is 0 Å². The van der Waals surface area contributed by atoms with Crippen molar-refractivity contribution in [1.29, 1.82) is 0 Å². The molecule has 7 heteroatoms. The van der Waals surface area contributed by atoms with Gasteiger partial charge >= 0.3 is 0 Å². The van der Waals surface area contributed by atoms with Gasteiger partial charge in [-0.05, 0) is 37.7 Å². The fourth-order valence-electron chi connectivity index (χ4n) is 2.65. The first kappa shape index (κ1) is 19.4. The minimum Gasteiger partial charge on any atom is -0.304 e. The Labute approximate surface area is 164 Å². The predicted molar refractivity (Wildman–Crippen MR) is 114 cm³/mol. The van der Waals surface area contributed by atoms with Crippen molar-refractivity contribution in [3.63, 3.8) is 0 Å². The maximum atomic E-state index is 4.63. The lowest BCUT2D eigenvalue weighted by atomic mass is 9.94. The topological polar surface area (TPSA) is 57.5 Å². The fraction of sp³-hybridized carbons (Fsp3) is 0.400. The highest BCUT2D eigenvalue weighted by molar-refractivity contribution is 7.18. The highest BCUT2D eigenvalue weighted by Crippen LogP contribution is 2.36. The van der Waals surface area contributed by atoms with E-state index in [4.69, 9.17) is 0 Å². The van der Waals surface area contributed by atoms with Gasteiger partial charge in [0.05, 0.1) is 23.0 Å². The molecule has 142 valence electrons. The smallest absolute Gasteiger partial charge is 0.160 e. The summed E-state index contributed by atoms with van der Waals surface area (Å²) in [5, 5.41) is 7.36. The van der Waals surface area contributed by atoms with Crippen LogP contribution in [0.3, 0.4) is 0 Å². The Morgan fingerprint density at radius 1 is 1.15 bits per heavy atom. The van der Waals surface area contributed by atoms with E-state index in [0.717, 1.165) is 34.0 Å². The maximum absolute atomic E-state index is 4.63. The number of fused-ring (bicyclic) bond motifs is 1. The van der Waals surface area contributed by atoms with Gasteiger partial charge in [0.25, 0.3) is 0 Å². The Hall–Kier alpha value is -2.38. The standard InChI is InChI=1S/C20H26N6S/c1-20(2,3)17-10-16-18(21-13-22-19(16)27-17)26(6)23-11-14-8-7-9-15(24-14)12-25(4)5/h7-11,13H,12H2,1-6H3. The average Bonchev–Trinajstić information content (AvgIpc) is 3.04. The zero-order valence-electron chi connectivity index (χ0n) is 16.8. The summed E-state index contributed by atoms with van der Waals surface area (Å²) in [4.78, 5) is 17.9. The predicted octanol–water partition coefficient (Wildman–Crippen LogP) is 3.92. The molecule has 0 amide bonds. The molecule has 0 saturated carbocycles. The van der Waals surface area contributed by atoms with Crippen LogP contribution in [0.2, 0.25) is 0 Å². The van der Waals surface area contributed by atoms with Gasteiger partial charge in [0.2, 0.25) is 0 Å². The van der Waals surface area contributed by atoms with E-state index in [1.54, 1.807) is 28.9 Å². The number of nitrogens with zero attached hydrogens (tertiary/aromatic N) is 6. The van der Waals surface area contributed by atoms with Crippen molar-refractivity contribution in [2.45, 2.75) is 32.7 Å². The molecule has 0 saturated heterocycles. The van der Waals surface area contributed by atoms with E-state index in [2.05, 4.69) is 51.8 Å². The Balaban J connectivity index is 1.87. The lowest BCUT2D eigenvalue weighted by Gasteiger charge is -2.15. The van der Waals surface area contributed by atoms with Crippen LogP contribution in [-0.4, -0.2) is 47.2 Å². The molecule has 0 fully saturated rings. The van der Waals surface area contributed by atoms with Crippen molar-refractivity contribution in [3.8, 4) is 0 Å². The Morgan fingerprint density at radius 2 is 1.93 bits per heavy atom. The molecule has 3 aromatic heterocycles. The second-order valence-corrected chi connectivity index (χ2v) is 8.87. The lowest BCUT2D eigenvalue weighted by Crippen LogP contribution is -2.13. The number of hydrazone groups is 1. The van der Waals surface area contributed by atoms with Crippen LogP contribution in [-0.2, 0) is 12.0 Å². The van der Waals surface area contributed by atoms with Crippen LogP contribution in [0.4, 0.5) is 5.82 Å². The lowest BCUT2D eigenvalue weighted by molar-refractivity contribution is 0.397. The van der Waals surface area contributed by atoms with Gasteiger partial charge in [-0.15, -0.1) is 11.3 Å². The summed E-state index contributed by atoms with van der Waals surface area (Å²) in [6.07, 6.45) is 3.37. The summed E-state index contributed by atoms with van der Waals surface area (Å²) in [5.41, 5.74) is 1.93. The van der Waals surface area contributed by atoms with E-state index in [1.807, 2.05) is 39.3 Å². The van der Waals surface area contributed by atoms with Gasteiger partial charge in [-0.25, -0.2) is 9.97 Å². The molecule has 6 nitrogen and oxygen atoms in total. The van der Waals surface area contributed by atoms with Gasteiger partial charge in [-0.1, -0.05) is 26.8 Å². The molecule has 0 aliphatic carbocycles. The summed E-state index contributed by atoms with van der Waals surface area (Å²) in [6.45, 7) is 7.42. The van der Waals surface area contributed by atoms with Gasteiger partial charge in [-0.3, -0.25) is 9.99 Å². The van der Waals surface area contributed by atoms with Gasteiger partial charge < -0.3 is 4.90 Å². The summed E-state index contributed by atoms with van der Waals surface area (Å²) in [5.74, 6) is 0.799. The van der Waals surface area contributed by atoms with E-state index in [0.29, 0.717) is 0 Å². The van der Waals surface area contributed by atoms with Crippen LogP contribution >= 0.6 is 11.3 Å². The van der Waals surface area contributed by atoms with Gasteiger partial charge in [0, 0.05) is 18.5 Å². The molecule has 0 radical (unpaired) electrons. The number of aromatic nitrogens is 3. The number of rotatable bonds is 5. The quantitative estimate of drug-likeness (QED) is 0.494. The Bertz CT molecular complexity index is 955. The monoisotopic (exact) mass is 382 g/mol. The minimum atomic E-state index is 0.0846. The number of hydrogen-bond acceptors (Lipinski definition) is 7. The number of anilines is 1. The third-order valence-electron chi connectivity index (χ3n) is 4.02. The number of hydrogen-bond donors (Lipinski definition) is 0. The molecule has 0 atom stereocenters. The maximum Gasteiger partial charge on any atom is 0.160 e. The fourth-order valence-corrected chi connectivity index (χ4v) is 3.70. The second kappa shape index (κ2) is 7.70. The van der Waals surface area contributed by atoms with Crippen molar-refractivity contribution >= 4 is 33.6 Å². The van der Waals surface area contributed by atoms with Crippen LogP contribution < -0.4 is 5.01 Å². The summed E-state index contributed by atoms with van der Waals surface area (Å²) in [6, 6.07) is 8.16. The molecule has 0 spiro atoms. The Morgan fingerprint density at radius 3 is 2.63 bits per heavy atom. The van der Waals surface area contributed by atoms with Crippen molar-refractivity contribution in [3.05, 3.63) is 46.9 Å². The van der Waals surface area contributed by atoms with E-state index in [-0.39, 0.29) is 5.41 Å². The van der Waals surface area contributed by atoms with Crippen molar-refractivity contribution < 1.29 is 0 Å². The van der Waals surface area contributed by atoms with E-state index in [1.165, 1.54) is 4.88 Å². The zero-order valence-corrected chi connectivity index (χ0v) is 17.6. The average molecular weight is 383 g/mol. The zero-order chi connectivity index (χ0) is 19.6. The molecule has 0 N–H and O–H groups in total. The summed E-state index contributed by atoms with van der Waals surface area (Å²) >= 11 is 1.71. The first-order valence-corrected chi connectivity index (χ1v) is 9.69. The van der Waals surface area contributed by atoms with Crippen molar-refractivity contribution in [2.75, 3.05) is 26.2 Å².